The summed E-state index contributed by atoms with van der Waals surface area (Å²) in [4.78, 5) is 37.4. The van der Waals surface area contributed by atoms with Crippen LogP contribution in [0, 0.1) is 0 Å². The van der Waals surface area contributed by atoms with Gasteiger partial charge < -0.3 is 89.5 Å². The molecule has 3 fully saturated rings. The molecule has 3 aliphatic rings. The third-order valence-electron chi connectivity index (χ3n) is 14.6. The van der Waals surface area contributed by atoms with Crippen LogP contribution in [0.25, 0.3) is 0 Å². The summed E-state index contributed by atoms with van der Waals surface area (Å²) in [7, 11) is -5.63. The predicted molar refractivity (Wildman–Crippen MR) is 282 cm³/mol. The zero-order valence-corrected chi connectivity index (χ0v) is 47.1. The number of carbonyl (C=O) groups is 2. The van der Waals surface area contributed by atoms with Gasteiger partial charge in [-0.3, -0.25) is 18.6 Å². The summed E-state index contributed by atoms with van der Waals surface area (Å²) in [5.41, 5.74) is 0. The summed E-state index contributed by atoms with van der Waals surface area (Å²) in [5.74, 6) is -1.35. The highest BCUT2D eigenvalue weighted by molar-refractivity contribution is 7.47. The van der Waals surface area contributed by atoms with Gasteiger partial charge in [-0.15, -0.1) is 0 Å². The molecular weight excluding hydrogens is 1050 g/mol. The van der Waals surface area contributed by atoms with Crippen LogP contribution in [0.5, 0.6) is 0 Å². The topological polar surface area (TPSA) is 368 Å². The lowest BCUT2D eigenvalue weighted by molar-refractivity contribution is -0.360. The van der Waals surface area contributed by atoms with Crippen LogP contribution in [0.1, 0.15) is 187 Å². The summed E-state index contributed by atoms with van der Waals surface area (Å²) in [5, 5.41) is 116. The maximum Gasteiger partial charge on any atom is 0.472 e. The van der Waals surface area contributed by atoms with E-state index in [2.05, 4.69) is 26.0 Å². The van der Waals surface area contributed by atoms with Gasteiger partial charge in [-0.05, 0) is 38.5 Å². The van der Waals surface area contributed by atoms with Gasteiger partial charge in [0, 0.05) is 12.8 Å². The van der Waals surface area contributed by atoms with E-state index in [1.54, 1.807) is 0 Å². The monoisotopic (exact) mass is 1150 g/mol. The van der Waals surface area contributed by atoms with Crippen LogP contribution in [0.15, 0.2) is 12.2 Å². The van der Waals surface area contributed by atoms with Crippen molar-refractivity contribution in [2.24, 2.45) is 0 Å². The van der Waals surface area contributed by atoms with E-state index in [0.717, 1.165) is 51.4 Å². The van der Waals surface area contributed by atoms with Gasteiger partial charge in [0.25, 0.3) is 0 Å². The largest absolute Gasteiger partial charge is 0.472 e. The van der Waals surface area contributed by atoms with Gasteiger partial charge in [-0.2, -0.15) is 0 Å². The Bertz CT molecular complexity index is 1610. The van der Waals surface area contributed by atoms with Crippen molar-refractivity contribution in [3.63, 3.8) is 0 Å². The molecule has 23 nitrogen and oxygen atoms in total. The van der Waals surface area contributed by atoms with Crippen molar-refractivity contribution in [3.05, 3.63) is 12.2 Å². The predicted octanol–water partition coefficient (Wildman–Crippen LogP) is 3.54. The van der Waals surface area contributed by atoms with Crippen molar-refractivity contribution in [1.82, 2.24) is 0 Å². The van der Waals surface area contributed by atoms with E-state index in [4.69, 9.17) is 37.5 Å². The Balaban J connectivity index is 1.72. The molecule has 24 heteroatoms. The minimum absolute atomic E-state index is 0.0491. The molecule has 16 unspecified atom stereocenters. The number of hydrogen-bond donors (Lipinski definition) is 12. The first kappa shape index (κ1) is 70.5. The van der Waals surface area contributed by atoms with Gasteiger partial charge in [0.2, 0.25) is 0 Å². The highest BCUT2D eigenvalue weighted by atomic mass is 31.2. The molecule has 2 saturated heterocycles. The second-order valence-corrected chi connectivity index (χ2v) is 22.6. The van der Waals surface area contributed by atoms with E-state index >= 15 is 0 Å². The van der Waals surface area contributed by atoms with Gasteiger partial charge in [0.1, 0.15) is 92.1 Å². The van der Waals surface area contributed by atoms with Crippen LogP contribution in [0.2, 0.25) is 0 Å². The molecule has 0 radical (unpaired) electrons. The van der Waals surface area contributed by atoms with E-state index in [9.17, 15) is 75.2 Å². The molecule has 458 valence electrons. The number of phosphoric acid groups is 1. The van der Waals surface area contributed by atoms with E-state index < -0.39 is 150 Å². The number of aliphatic hydroxyl groups excluding tert-OH is 11. The van der Waals surface area contributed by atoms with Crippen molar-refractivity contribution in [3.8, 4) is 0 Å². The number of esters is 2. The van der Waals surface area contributed by atoms with Gasteiger partial charge >= 0.3 is 19.8 Å². The summed E-state index contributed by atoms with van der Waals surface area (Å²) in [6.07, 6.45) is -3.66. The quantitative estimate of drug-likeness (QED) is 0.0180. The molecule has 1 aliphatic carbocycles. The van der Waals surface area contributed by atoms with Crippen molar-refractivity contribution in [1.29, 1.82) is 0 Å². The van der Waals surface area contributed by atoms with E-state index in [1.807, 2.05) is 0 Å². The van der Waals surface area contributed by atoms with E-state index in [-0.39, 0.29) is 12.8 Å². The Hall–Kier alpha value is -1.81. The van der Waals surface area contributed by atoms with Gasteiger partial charge in [0.05, 0.1) is 19.8 Å². The molecule has 0 aromatic heterocycles. The minimum atomic E-state index is -5.63. The van der Waals surface area contributed by atoms with Crippen molar-refractivity contribution in [2.75, 3.05) is 26.4 Å². The standard InChI is InChI=1S/C54H99O23P/c1-3-5-7-9-11-13-15-17-19-21-23-25-27-29-31-40(58)72-36(34-70-39(57)30-28-26-24-22-20-18-16-14-12-10-8-6-4-2)35-71-78(68,69)77-52-50(75-53-48(66)43(61)41(59)37(32-55)73-53)46(64)45(63)47(65)51(52)76-54-49(67)44(62)42(60)38(33-56)74-54/h19,21,36-38,41-56,59-67H,3-18,20,22-35H2,1-2H3,(H,68,69). The van der Waals surface area contributed by atoms with Crippen molar-refractivity contribution >= 4 is 19.8 Å². The number of allylic oxidation sites excluding steroid dienone is 2. The zero-order chi connectivity index (χ0) is 57.5. The summed E-state index contributed by atoms with van der Waals surface area (Å²) >= 11 is 0. The lowest BCUT2D eigenvalue weighted by Crippen LogP contribution is -2.69. The van der Waals surface area contributed by atoms with Crippen LogP contribution in [0.3, 0.4) is 0 Å². The number of aliphatic hydroxyl groups is 11. The number of carbonyl (C=O) groups excluding carboxylic acids is 2. The Morgan fingerprint density at radius 2 is 0.846 bits per heavy atom. The van der Waals surface area contributed by atoms with Crippen LogP contribution >= 0.6 is 7.82 Å². The smallest absolute Gasteiger partial charge is 0.462 e. The molecule has 0 spiro atoms. The first-order valence-electron chi connectivity index (χ1n) is 29.0. The number of hydrogen-bond acceptors (Lipinski definition) is 22. The molecule has 2 aliphatic heterocycles. The Morgan fingerprint density at radius 3 is 1.27 bits per heavy atom. The fraction of sp³-hybridized carbons (Fsp3) is 0.926. The van der Waals surface area contributed by atoms with E-state index in [0.29, 0.717) is 19.3 Å². The fourth-order valence-electron chi connectivity index (χ4n) is 9.70. The highest BCUT2D eigenvalue weighted by Crippen LogP contribution is 2.49. The van der Waals surface area contributed by atoms with E-state index in [1.165, 1.54) is 89.9 Å². The minimum Gasteiger partial charge on any atom is -0.462 e. The zero-order valence-electron chi connectivity index (χ0n) is 46.2. The molecule has 78 heavy (non-hydrogen) atoms. The molecule has 0 aromatic carbocycles. The molecule has 2 heterocycles. The van der Waals surface area contributed by atoms with Crippen molar-refractivity contribution in [2.45, 2.75) is 291 Å². The molecule has 12 N–H and O–H groups in total. The SMILES string of the molecule is CCCCCCCCCC=CCCCCCC(=O)OC(COC(=O)CCCCCCCCCCCCCCC)COP(=O)(O)OC1C(OC2OC(CO)C(O)C(O)C2O)C(O)C(O)C(O)C1OC1OC(CO)C(O)C(O)C1O. The highest BCUT2D eigenvalue weighted by Gasteiger charge is 2.58. The normalized spacial score (nSPS) is 31.8. The van der Waals surface area contributed by atoms with Crippen LogP contribution < -0.4 is 0 Å². The molecule has 1 saturated carbocycles. The molecule has 0 amide bonds. The first-order chi connectivity index (χ1) is 37.4. The molecule has 16 atom stereocenters. The third-order valence-corrected chi connectivity index (χ3v) is 15.6. The second-order valence-electron chi connectivity index (χ2n) is 21.2. The first-order valence-corrected chi connectivity index (χ1v) is 30.5. The van der Waals surface area contributed by atoms with Gasteiger partial charge in [-0.25, -0.2) is 4.57 Å². The van der Waals surface area contributed by atoms with Gasteiger partial charge in [0.15, 0.2) is 18.7 Å². The van der Waals surface area contributed by atoms with Crippen molar-refractivity contribution < 1.29 is 113 Å². The van der Waals surface area contributed by atoms with Crippen LogP contribution in [0.4, 0.5) is 0 Å². The fourth-order valence-corrected chi connectivity index (χ4v) is 10.7. The summed E-state index contributed by atoms with van der Waals surface area (Å²) < 4.78 is 58.0. The number of phosphoric ester groups is 1. The maximum absolute atomic E-state index is 14.0. The molecule has 0 bridgehead atoms. The van der Waals surface area contributed by atoms with Crippen LogP contribution in [-0.4, -0.2) is 204 Å². The number of unbranched alkanes of at least 4 members (excludes halogenated alkanes) is 22. The molecule has 3 rings (SSSR count). The second kappa shape index (κ2) is 39.6. The number of rotatable bonds is 42. The lowest BCUT2D eigenvalue weighted by Gasteiger charge is -2.49. The lowest BCUT2D eigenvalue weighted by atomic mass is 9.84. The average molecular weight is 1150 g/mol. The Morgan fingerprint density at radius 1 is 0.474 bits per heavy atom. The molecule has 0 aromatic rings. The number of ether oxygens (including phenoxy) is 6. The van der Waals surface area contributed by atoms with Crippen LogP contribution in [-0.2, 0) is 51.6 Å². The Kier molecular flexibility index (Phi) is 35.8. The van der Waals surface area contributed by atoms with Gasteiger partial charge in [-0.1, -0.05) is 148 Å². The summed E-state index contributed by atoms with van der Waals surface area (Å²) in [6, 6.07) is 0. The third kappa shape index (κ3) is 25.4. The maximum atomic E-state index is 14.0. The summed E-state index contributed by atoms with van der Waals surface area (Å²) in [6.45, 7) is 0.983. The Labute approximate surface area is 461 Å². The molecular formula is C54H99O23P. The average Bonchev–Trinajstić information content (AvgIpc) is 3.49.